The monoisotopic (exact) mass is 257 g/mol. The van der Waals surface area contributed by atoms with E-state index >= 15 is 0 Å². The number of ether oxygens (including phenoxy) is 1. The van der Waals surface area contributed by atoms with Crippen LogP contribution < -0.4 is 10.1 Å². The maximum atomic E-state index is 13.3. The number of hydrogen-bond donors (Lipinski definition) is 1. The summed E-state index contributed by atoms with van der Waals surface area (Å²) in [6, 6.07) is 3.48. The van der Waals surface area contributed by atoms with Crippen LogP contribution in [0.25, 0.3) is 0 Å². The molecule has 1 N–H and O–H groups in total. The quantitative estimate of drug-likeness (QED) is 0.898. The van der Waals surface area contributed by atoms with E-state index in [0.717, 1.165) is 24.9 Å². The third-order valence-corrected chi connectivity index (χ3v) is 3.49. The number of hydrogen-bond acceptors (Lipinski definition) is 2. The van der Waals surface area contributed by atoms with Crippen LogP contribution in [-0.4, -0.2) is 19.7 Å². The van der Waals surface area contributed by atoms with Crippen LogP contribution in [0, 0.1) is 5.82 Å². The van der Waals surface area contributed by atoms with E-state index in [0.29, 0.717) is 11.8 Å². The van der Waals surface area contributed by atoms with E-state index in [4.69, 9.17) is 16.3 Å². The summed E-state index contributed by atoms with van der Waals surface area (Å²) in [6.45, 7) is 1.06. The van der Waals surface area contributed by atoms with Crippen LogP contribution in [0.5, 0.6) is 5.75 Å². The molecule has 1 heterocycles. The molecule has 1 aliphatic heterocycles. The van der Waals surface area contributed by atoms with Crippen molar-refractivity contribution in [1.29, 1.82) is 0 Å². The lowest BCUT2D eigenvalue weighted by atomic mass is 9.97. The van der Waals surface area contributed by atoms with Crippen molar-refractivity contribution in [2.24, 2.45) is 0 Å². The van der Waals surface area contributed by atoms with Gasteiger partial charge in [-0.2, -0.15) is 0 Å². The lowest BCUT2D eigenvalue weighted by molar-refractivity contribution is 0.380. The molecule has 1 atom stereocenters. The van der Waals surface area contributed by atoms with Gasteiger partial charge in [-0.3, -0.25) is 0 Å². The molecule has 94 valence electrons. The fourth-order valence-corrected chi connectivity index (χ4v) is 2.47. The average Bonchev–Trinajstić information content (AvgIpc) is 2.35. The van der Waals surface area contributed by atoms with Crippen molar-refractivity contribution in [2.45, 2.75) is 31.7 Å². The molecule has 0 radical (unpaired) electrons. The Hall–Kier alpha value is -0.800. The first-order valence-electron chi connectivity index (χ1n) is 5.96. The number of nitrogens with one attached hydrogen (secondary N) is 1. The second-order valence-corrected chi connectivity index (χ2v) is 4.84. The van der Waals surface area contributed by atoms with Crippen molar-refractivity contribution in [2.75, 3.05) is 13.7 Å². The van der Waals surface area contributed by atoms with E-state index in [2.05, 4.69) is 5.32 Å². The molecule has 0 bridgehead atoms. The van der Waals surface area contributed by atoms with Crippen LogP contribution in [0.3, 0.4) is 0 Å². The maximum absolute atomic E-state index is 13.3. The number of benzene rings is 1. The smallest absolute Gasteiger partial charge is 0.145 e. The van der Waals surface area contributed by atoms with E-state index in [1.54, 1.807) is 13.2 Å². The molecule has 1 aromatic rings. The summed E-state index contributed by atoms with van der Waals surface area (Å²) in [6.07, 6.45) is 4.47. The third-order valence-electron chi connectivity index (χ3n) is 3.20. The Morgan fingerprint density at radius 3 is 2.94 bits per heavy atom. The maximum Gasteiger partial charge on any atom is 0.145 e. The summed E-state index contributed by atoms with van der Waals surface area (Å²) in [5.41, 5.74) is 0.971. The number of halogens is 2. The Bertz CT molecular complexity index is 391. The Kier molecular flexibility index (Phi) is 4.24. The highest BCUT2D eigenvalue weighted by atomic mass is 35.5. The van der Waals surface area contributed by atoms with Gasteiger partial charge in [-0.05, 0) is 37.4 Å². The fourth-order valence-electron chi connectivity index (χ4n) is 2.28. The van der Waals surface area contributed by atoms with Crippen molar-refractivity contribution < 1.29 is 9.13 Å². The summed E-state index contributed by atoms with van der Waals surface area (Å²) in [4.78, 5) is 0. The van der Waals surface area contributed by atoms with E-state index in [1.165, 1.54) is 18.9 Å². The van der Waals surface area contributed by atoms with Crippen LogP contribution in [0.1, 0.15) is 24.8 Å². The molecule has 2 rings (SSSR count). The van der Waals surface area contributed by atoms with Gasteiger partial charge >= 0.3 is 0 Å². The molecule has 1 aliphatic rings. The van der Waals surface area contributed by atoms with Gasteiger partial charge in [-0.1, -0.05) is 18.0 Å². The van der Waals surface area contributed by atoms with Crippen LogP contribution in [0.2, 0.25) is 5.02 Å². The molecular weight excluding hydrogens is 241 g/mol. The first-order chi connectivity index (χ1) is 8.20. The van der Waals surface area contributed by atoms with Crippen molar-refractivity contribution in [1.82, 2.24) is 5.32 Å². The Morgan fingerprint density at radius 1 is 1.47 bits per heavy atom. The summed E-state index contributed by atoms with van der Waals surface area (Å²) >= 11 is 5.81. The topological polar surface area (TPSA) is 21.3 Å². The second kappa shape index (κ2) is 5.69. The molecule has 1 unspecified atom stereocenters. The van der Waals surface area contributed by atoms with Gasteiger partial charge in [0, 0.05) is 12.1 Å². The SMILES string of the molecule is COc1cc(F)c(Cl)cc1CC1CCCCN1. The molecule has 1 aromatic carbocycles. The first-order valence-corrected chi connectivity index (χ1v) is 6.34. The molecule has 0 spiro atoms. The summed E-state index contributed by atoms with van der Waals surface area (Å²) in [7, 11) is 1.56. The minimum atomic E-state index is -0.427. The van der Waals surface area contributed by atoms with Gasteiger partial charge in [0.15, 0.2) is 0 Å². The van der Waals surface area contributed by atoms with Crippen molar-refractivity contribution in [3.63, 3.8) is 0 Å². The highest BCUT2D eigenvalue weighted by Crippen LogP contribution is 2.28. The van der Waals surface area contributed by atoms with Crippen molar-refractivity contribution in [3.05, 3.63) is 28.5 Å². The number of piperidine rings is 1. The zero-order valence-electron chi connectivity index (χ0n) is 9.93. The fraction of sp³-hybridized carbons (Fsp3) is 0.538. The zero-order chi connectivity index (χ0) is 12.3. The molecule has 0 saturated carbocycles. The third kappa shape index (κ3) is 3.11. The van der Waals surface area contributed by atoms with Gasteiger partial charge in [0.05, 0.1) is 12.1 Å². The van der Waals surface area contributed by atoms with Gasteiger partial charge in [0.2, 0.25) is 0 Å². The van der Waals surface area contributed by atoms with Gasteiger partial charge in [0.1, 0.15) is 11.6 Å². The minimum Gasteiger partial charge on any atom is -0.496 e. The molecule has 1 saturated heterocycles. The lowest BCUT2D eigenvalue weighted by Gasteiger charge is -2.24. The highest BCUT2D eigenvalue weighted by Gasteiger charge is 2.16. The van der Waals surface area contributed by atoms with Crippen LogP contribution in [-0.2, 0) is 6.42 Å². The normalized spacial score (nSPS) is 20.3. The van der Waals surface area contributed by atoms with Gasteiger partial charge in [-0.15, -0.1) is 0 Å². The zero-order valence-corrected chi connectivity index (χ0v) is 10.7. The Morgan fingerprint density at radius 2 is 2.29 bits per heavy atom. The summed E-state index contributed by atoms with van der Waals surface area (Å²) in [5.74, 6) is 0.156. The predicted molar refractivity (Wildman–Crippen MR) is 67.3 cm³/mol. The van der Waals surface area contributed by atoms with Crippen LogP contribution >= 0.6 is 11.6 Å². The number of methoxy groups -OCH3 is 1. The highest BCUT2D eigenvalue weighted by molar-refractivity contribution is 6.30. The van der Waals surface area contributed by atoms with Gasteiger partial charge in [0.25, 0.3) is 0 Å². The van der Waals surface area contributed by atoms with Gasteiger partial charge in [-0.25, -0.2) is 4.39 Å². The summed E-state index contributed by atoms with van der Waals surface area (Å²) < 4.78 is 18.5. The minimum absolute atomic E-state index is 0.164. The van der Waals surface area contributed by atoms with E-state index in [-0.39, 0.29) is 5.02 Å². The molecule has 0 amide bonds. The second-order valence-electron chi connectivity index (χ2n) is 4.43. The van der Waals surface area contributed by atoms with Crippen molar-refractivity contribution >= 4 is 11.6 Å². The molecule has 1 fully saturated rings. The van der Waals surface area contributed by atoms with E-state index < -0.39 is 5.82 Å². The van der Waals surface area contributed by atoms with Crippen LogP contribution in [0.4, 0.5) is 4.39 Å². The Labute approximate surface area is 106 Å². The Balaban J connectivity index is 2.15. The molecule has 0 aliphatic carbocycles. The molecule has 2 nitrogen and oxygen atoms in total. The molecule has 17 heavy (non-hydrogen) atoms. The van der Waals surface area contributed by atoms with E-state index in [9.17, 15) is 4.39 Å². The number of rotatable bonds is 3. The van der Waals surface area contributed by atoms with E-state index in [1.807, 2.05) is 0 Å². The summed E-state index contributed by atoms with van der Waals surface area (Å²) in [5, 5.41) is 3.62. The van der Waals surface area contributed by atoms with Crippen molar-refractivity contribution in [3.8, 4) is 5.75 Å². The lowest BCUT2D eigenvalue weighted by Crippen LogP contribution is -2.35. The average molecular weight is 258 g/mol. The molecule has 0 aromatic heterocycles. The predicted octanol–water partition coefficient (Wildman–Crippen LogP) is 3.17. The molecule has 4 heteroatoms. The standard InChI is InChI=1S/C13H17ClFNO/c1-17-13-8-12(15)11(14)7-9(13)6-10-4-2-3-5-16-10/h7-8,10,16H,2-6H2,1H3. The first kappa shape index (κ1) is 12.7. The largest absolute Gasteiger partial charge is 0.496 e. The molecular formula is C13H17ClFNO. The van der Waals surface area contributed by atoms with Crippen LogP contribution in [0.15, 0.2) is 12.1 Å². The van der Waals surface area contributed by atoms with Gasteiger partial charge < -0.3 is 10.1 Å².